The third kappa shape index (κ3) is 2.06. The second-order valence-corrected chi connectivity index (χ2v) is 6.14. The van der Waals surface area contributed by atoms with Gasteiger partial charge in [-0.2, -0.15) is 5.10 Å². The van der Waals surface area contributed by atoms with Gasteiger partial charge in [-0.15, -0.1) is 11.3 Å². The minimum absolute atomic E-state index is 0.0260. The molecule has 1 amide bonds. The second kappa shape index (κ2) is 4.56. The Morgan fingerprint density at radius 1 is 1.43 bits per heavy atom. The normalized spacial score (nSPS) is 14.4. The Hall–Kier alpha value is -2.41. The molecule has 3 aromatic rings. The lowest BCUT2D eigenvalue weighted by Gasteiger charge is -2.25. The maximum Gasteiger partial charge on any atom is 0.255 e. The number of carbonyl (C=O) groups is 1. The number of hydrogen-bond donors (Lipinski definition) is 1. The maximum atomic E-state index is 12.6. The number of amides is 1. The quantitative estimate of drug-likeness (QED) is 0.740. The number of fused-ring (bicyclic) bond motifs is 2. The van der Waals surface area contributed by atoms with Gasteiger partial charge in [0.25, 0.3) is 5.91 Å². The first kappa shape index (κ1) is 12.3. The summed E-state index contributed by atoms with van der Waals surface area (Å²) in [5.74, 6) is 0.0260. The van der Waals surface area contributed by atoms with Gasteiger partial charge in [0, 0.05) is 30.2 Å². The van der Waals surface area contributed by atoms with E-state index in [0.717, 1.165) is 22.5 Å². The highest BCUT2D eigenvalue weighted by atomic mass is 32.1. The molecule has 2 N–H and O–H groups in total. The van der Waals surface area contributed by atoms with Crippen LogP contribution in [0.3, 0.4) is 0 Å². The molecule has 0 unspecified atom stereocenters. The standard InChI is InChI=1S/C14H13N5OS/c15-14-17-11-3-5-18(8-12(11)21-14)13(20)9-6-10-2-1-4-16-19(10)7-9/h1-2,4,6-7H,3,5,8H2,(H2,15,17). The summed E-state index contributed by atoms with van der Waals surface area (Å²) in [6.45, 7) is 1.26. The van der Waals surface area contributed by atoms with Gasteiger partial charge in [-0.3, -0.25) is 4.79 Å². The predicted octanol–water partition coefficient (Wildman–Crippen LogP) is 1.57. The summed E-state index contributed by atoms with van der Waals surface area (Å²) in [5.41, 5.74) is 8.35. The number of hydrogen-bond acceptors (Lipinski definition) is 5. The number of anilines is 1. The Balaban J connectivity index is 1.63. The molecular weight excluding hydrogens is 286 g/mol. The molecule has 0 atom stereocenters. The third-order valence-electron chi connectivity index (χ3n) is 3.66. The van der Waals surface area contributed by atoms with Gasteiger partial charge in [0.2, 0.25) is 0 Å². The molecular formula is C14H13N5OS. The van der Waals surface area contributed by atoms with Crippen molar-refractivity contribution in [2.75, 3.05) is 12.3 Å². The Bertz CT molecular complexity index is 804. The minimum atomic E-state index is 0.0260. The molecule has 4 rings (SSSR count). The van der Waals surface area contributed by atoms with Crippen LogP contribution in [-0.4, -0.2) is 31.9 Å². The van der Waals surface area contributed by atoms with Gasteiger partial charge < -0.3 is 10.6 Å². The van der Waals surface area contributed by atoms with Crippen LogP contribution in [0, 0.1) is 0 Å². The zero-order chi connectivity index (χ0) is 14.4. The fourth-order valence-electron chi connectivity index (χ4n) is 2.63. The topological polar surface area (TPSA) is 76.5 Å². The zero-order valence-corrected chi connectivity index (χ0v) is 12.0. The van der Waals surface area contributed by atoms with Crippen molar-refractivity contribution in [3.8, 4) is 0 Å². The van der Waals surface area contributed by atoms with E-state index in [2.05, 4.69) is 10.1 Å². The van der Waals surface area contributed by atoms with Crippen LogP contribution in [-0.2, 0) is 13.0 Å². The molecule has 4 heterocycles. The second-order valence-electron chi connectivity index (χ2n) is 5.02. The summed E-state index contributed by atoms with van der Waals surface area (Å²) in [6, 6.07) is 5.66. The van der Waals surface area contributed by atoms with E-state index in [0.29, 0.717) is 23.8 Å². The van der Waals surface area contributed by atoms with Crippen molar-refractivity contribution in [1.29, 1.82) is 0 Å². The Labute approximate surface area is 124 Å². The fraction of sp³-hybridized carbons (Fsp3) is 0.214. The van der Waals surface area contributed by atoms with Crippen molar-refractivity contribution in [3.05, 3.63) is 46.7 Å². The fourth-order valence-corrected chi connectivity index (χ4v) is 3.53. The van der Waals surface area contributed by atoms with E-state index in [1.54, 1.807) is 16.9 Å². The Kier molecular flexibility index (Phi) is 2.68. The molecule has 0 saturated carbocycles. The molecule has 106 valence electrons. The van der Waals surface area contributed by atoms with Gasteiger partial charge in [0.05, 0.1) is 23.3 Å². The van der Waals surface area contributed by atoms with Crippen molar-refractivity contribution >= 4 is 27.9 Å². The first-order valence-corrected chi connectivity index (χ1v) is 7.49. The van der Waals surface area contributed by atoms with Gasteiger partial charge in [0.15, 0.2) is 5.13 Å². The molecule has 0 spiro atoms. The van der Waals surface area contributed by atoms with E-state index in [4.69, 9.17) is 5.73 Å². The van der Waals surface area contributed by atoms with Crippen LogP contribution in [0.25, 0.3) is 5.52 Å². The number of nitrogens with zero attached hydrogens (tertiary/aromatic N) is 4. The number of nitrogen functional groups attached to an aromatic ring is 1. The Morgan fingerprint density at radius 2 is 2.33 bits per heavy atom. The summed E-state index contributed by atoms with van der Waals surface area (Å²) >= 11 is 1.47. The van der Waals surface area contributed by atoms with Crippen LogP contribution in [0.5, 0.6) is 0 Å². The van der Waals surface area contributed by atoms with Crippen LogP contribution in [0.15, 0.2) is 30.6 Å². The van der Waals surface area contributed by atoms with E-state index in [1.807, 2.05) is 23.1 Å². The Morgan fingerprint density at radius 3 is 3.19 bits per heavy atom. The van der Waals surface area contributed by atoms with E-state index in [1.165, 1.54) is 11.3 Å². The average Bonchev–Trinajstić information content (AvgIpc) is 3.07. The summed E-state index contributed by atoms with van der Waals surface area (Å²) in [5, 5.41) is 4.77. The first-order valence-electron chi connectivity index (χ1n) is 6.67. The molecule has 0 aliphatic carbocycles. The summed E-state index contributed by atoms with van der Waals surface area (Å²) < 4.78 is 1.72. The minimum Gasteiger partial charge on any atom is -0.375 e. The summed E-state index contributed by atoms with van der Waals surface area (Å²) in [6.07, 6.45) is 4.24. The molecule has 6 nitrogen and oxygen atoms in total. The van der Waals surface area contributed by atoms with Crippen LogP contribution in [0.4, 0.5) is 5.13 Å². The molecule has 1 aliphatic rings. The lowest BCUT2D eigenvalue weighted by Crippen LogP contribution is -2.35. The van der Waals surface area contributed by atoms with Crippen LogP contribution < -0.4 is 5.73 Å². The van der Waals surface area contributed by atoms with Gasteiger partial charge >= 0.3 is 0 Å². The largest absolute Gasteiger partial charge is 0.375 e. The average molecular weight is 299 g/mol. The summed E-state index contributed by atoms with van der Waals surface area (Å²) in [7, 11) is 0. The van der Waals surface area contributed by atoms with Crippen LogP contribution in [0.1, 0.15) is 20.9 Å². The molecule has 3 aromatic heterocycles. The SMILES string of the molecule is Nc1nc2c(s1)CN(C(=O)c1cc3cccnn3c1)CC2. The molecule has 0 saturated heterocycles. The van der Waals surface area contributed by atoms with Crippen molar-refractivity contribution in [1.82, 2.24) is 19.5 Å². The monoisotopic (exact) mass is 299 g/mol. The van der Waals surface area contributed by atoms with Crippen molar-refractivity contribution in [2.24, 2.45) is 0 Å². The first-order chi connectivity index (χ1) is 10.2. The van der Waals surface area contributed by atoms with Crippen LogP contribution in [0.2, 0.25) is 0 Å². The lowest BCUT2D eigenvalue weighted by molar-refractivity contribution is 0.0736. The predicted molar refractivity (Wildman–Crippen MR) is 80.2 cm³/mol. The van der Waals surface area contributed by atoms with E-state index in [-0.39, 0.29) is 5.91 Å². The number of rotatable bonds is 1. The zero-order valence-electron chi connectivity index (χ0n) is 11.2. The van der Waals surface area contributed by atoms with Crippen LogP contribution >= 0.6 is 11.3 Å². The molecule has 7 heteroatoms. The van der Waals surface area contributed by atoms with Gasteiger partial charge in [-0.05, 0) is 18.2 Å². The lowest BCUT2D eigenvalue weighted by atomic mass is 10.1. The highest BCUT2D eigenvalue weighted by molar-refractivity contribution is 7.15. The van der Waals surface area contributed by atoms with Crippen molar-refractivity contribution < 1.29 is 4.79 Å². The highest BCUT2D eigenvalue weighted by Crippen LogP contribution is 2.27. The third-order valence-corrected chi connectivity index (χ3v) is 4.57. The highest BCUT2D eigenvalue weighted by Gasteiger charge is 2.25. The van der Waals surface area contributed by atoms with E-state index < -0.39 is 0 Å². The van der Waals surface area contributed by atoms with Crippen molar-refractivity contribution in [2.45, 2.75) is 13.0 Å². The summed E-state index contributed by atoms with van der Waals surface area (Å²) in [4.78, 5) is 19.9. The van der Waals surface area contributed by atoms with Gasteiger partial charge in [-0.25, -0.2) is 9.50 Å². The number of nitrogens with two attached hydrogens (primary N) is 1. The molecule has 0 aromatic carbocycles. The van der Waals surface area contributed by atoms with Crippen molar-refractivity contribution in [3.63, 3.8) is 0 Å². The van der Waals surface area contributed by atoms with Gasteiger partial charge in [0.1, 0.15) is 0 Å². The molecule has 21 heavy (non-hydrogen) atoms. The molecule has 0 radical (unpaired) electrons. The van der Waals surface area contributed by atoms with Gasteiger partial charge in [-0.1, -0.05) is 0 Å². The molecule has 0 bridgehead atoms. The maximum absolute atomic E-state index is 12.6. The smallest absolute Gasteiger partial charge is 0.255 e. The number of carbonyl (C=O) groups excluding carboxylic acids is 1. The number of aromatic nitrogens is 3. The molecule has 1 aliphatic heterocycles. The van der Waals surface area contributed by atoms with E-state index in [9.17, 15) is 4.79 Å². The number of thiazole rings is 1. The van der Waals surface area contributed by atoms with E-state index >= 15 is 0 Å². The molecule has 0 fully saturated rings.